The van der Waals surface area contributed by atoms with Crippen LogP contribution in [0.15, 0.2) is 315 Å². The van der Waals surface area contributed by atoms with Gasteiger partial charge in [0, 0.05) is 16.5 Å². The van der Waals surface area contributed by atoms with Crippen LogP contribution in [-0.2, 0) is 10.8 Å². The number of nitrogens with zero attached hydrogens (tertiary/aromatic N) is 1. The van der Waals surface area contributed by atoms with Gasteiger partial charge >= 0.3 is 0 Å². The fourth-order valence-electron chi connectivity index (χ4n) is 15.0. The Bertz CT molecular complexity index is 4840. The van der Waals surface area contributed by atoms with Gasteiger partial charge < -0.3 is 4.57 Å². The van der Waals surface area contributed by atoms with E-state index in [9.17, 15) is 0 Å². The van der Waals surface area contributed by atoms with Crippen molar-refractivity contribution in [1.29, 1.82) is 0 Å². The van der Waals surface area contributed by atoms with Crippen LogP contribution in [0.3, 0.4) is 0 Å². The Morgan fingerprint density at radius 2 is 0.711 bits per heavy atom. The summed E-state index contributed by atoms with van der Waals surface area (Å²) in [7, 11) is 0. The van der Waals surface area contributed by atoms with E-state index >= 15 is 0 Å². The molecule has 17 rings (SSSR count). The van der Waals surface area contributed by atoms with Crippen molar-refractivity contribution >= 4 is 33.5 Å². The molecule has 0 atom stereocenters. The van der Waals surface area contributed by atoms with Crippen LogP contribution in [-0.4, -0.2) is 4.57 Å². The van der Waals surface area contributed by atoms with Crippen molar-refractivity contribution < 1.29 is 0 Å². The van der Waals surface area contributed by atoms with Crippen molar-refractivity contribution in [3.8, 4) is 61.3 Å². The van der Waals surface area contributed by atoms with Gasteiger partial charge in [-0.2, -0.15) is 0 Å². The van der Waals surface area contributed by atoms with Gasteiger partial charge in [0.05, 0.1) is 21.9 Å². The number of para-hydroxylation sites is 1. The predicted octanol–water partition coefficient (Wildman–Crippen LogP) is 20.4. The quantitative estimate of drug-likeness (QED) is 0.134. The fraction of sp³-hybridized carbons (Fsp3) is 0.0244. The van der Waals surface area contributed by atoms with E-state index in [1.54, 1.807) is 0 Å². The molecule has 13 aromatic carbocycles. The maximum Gasteiger partial charge on any atom is 0.0725 e. The smallest absolute Gasteiger partial charge is 0.0725 e. The molecule has 0 unspecified atom stereocenters. The van der Waals surface area contributed by atoms with E-state index in [-0.39, 0.29) is 0 Å². The summed E-state index contributed by atoms with van der Waals surface area (Å²) in [6, 6.07) is 118. The molecule has 0 amide bonds. The zero-order chi connectivity index (χ0) is 54.6. The Labute approximate surface area is 484 Å². The number of benzene rings is 13. The molecule has 386 valence electrons. The topological polar surface area (TPSA) is 4.93 Å². The van der Waals surface area contributed by atoms with Crippen LogP contribution >= 0.6 is 0 Å². The zero-order valence-electron chi connectivity index (χ0n) is 45.5. The molecule has 83 heavy (non-hydrogen) atoms. The third-order valence-corrected chi connectivity index (χ3v) is 18.5. The minimum absolute atomic E-state index is 0.458. The van der Waals surface area contributed by atoms with Crippen molar-refractivity contribution in [3.05, 3.63) is 377 Å². The highest BCUT2D eigenvalue weighted by Gasteiger charge is 2.52. The molecule has 1 aromatic heterocycles. The minimum Gasteiger partial charge on any atom is -0.309 e. The van der Waals surface area contributed by atoms with E-state index in [4.69, 9.17) is 0 Å². The summed E-state index contributed by atoms with van der Waals surface area (Å²) in [5.41, 5.74) is 30.1. The molecule has 0 saturated heterocycles. The van der Waals surface area contributed by atoms with Crippen LogP contribution in [0.25, 0.3) is 94.8 Å². The summed E-state index contributed by atoms with van der Waals surface area (Å²) in [5.74, 6) is 0. The van der Waals surface area contributed by atoms with Crippen molar-refractivity contribution in [2.24, 2.45) is 0 Å². The number of hydrogen-bond acceptors (Lipinski definition) is 0. The Morgan fingerprint density at radius 1 is 0.265 bits per heavy atom. The second-order valence-corrected chi connectivity index (χ2v) is 22.6. The molecule has 14 aromatic rings. The molecule has 0 radical (unpaired) electrons. The maximum absolute atomic E-state index is 2.52. The Kier molecular flexibility index (Phi) is 10.5. The average molecular weight is 1050 g/mol. The Balaban J connectivity index is 0.844. The van der Waals surface area contributed by atoms with E-state index in [1.807, 2.05) is 0 Å². The van der Waals surface area contributed by atoms with Gasteiger partial charge in [0.2, 0.25) is 0 Å². The van der Waals surface area contributed by atoms with Gasteiger partial charge in [-0.25, -0.2) is 0 Å². The highest BCUT2D eigenvalue weighted by molar-refractivity contribution is 6.10. The van der Waals surface area contributed by atoms with E-state index in [0.717, 1.165) is 27.9 Å². The molecule has 0 N–H and O–H groups in total. The summed E-state index contributed by atoms with van der Waals surface area (Å²) >= 11 is 0. The molecule has 1 heterocycles. The number of fused-ring (bicyclic) bond motifs is 16. The molecule has 1 nitrogen and oxygen atoms in total. The van der Waals surface area contributed by atoms with Gasteiger partial charge in [-0.05, 0) is 165 Å². The van der Waals surface area contributed by atoms with Crippen molar-refractivity contribution in [2.45, 2.75) is 10.8 Å². The van der Waals surface area contributed by atoms with E-state index in [2.05, 4.69) is 326 Å². The summed E-state index contributed by atoms with van der Waals surface area (Å²) < 4.78 is 2.50. The molecule has 0 bridgehead atoms. The summed E-state index contributed by atoms with van der Waals surface area (Å²) in [6.07, 6.45) is 2.40. The second-order valence-electron chi connectivity index (χ2n) is 22.6. The predicted molar refractivity (Wildman–Crippen MR) is 345 cm³/mol. The molecule has 1 spiro atoms. The molecule has 1 heteroatoms. The average Bonchev–Trinajstić information content (AvgIpc) is 3.03. The van der Waals surface area contributed by atoms with E-state index in [0.29, 0.717) is 0 Å². The molecule has 3 aliphatic carbocycles. The third kappa shape index (κ3) is 6.89. The first-order valence-corrected chi connectivity index (χ1v) is 29.0. The monoisotopic (exact) mass is 1050 g/mol. The van der Waals surface area contributed by atoms with Crippen LogP contribution in [0.1, 0.15) is 61.2 Å². The Morgan fingerprint density at radius 3 is 1.34 bits per heavy atom. The van der Waals surface area contributed by atoms with Gasteiger partial charge in [0.25, 0.3) is 0 Å². The van der Waals surface area contributed by atoms with Crippen LogP contribution < -0.4 is 0 Å². The first kappa shape index (κ1) is 47.2. The van der Waals surface area contributed by atoms with Crippen LogP contribution in [0.5, 0.6) is 0 Å². The van der Waals surface area contributed by atoms with Crippen LogP contribution in [0, 0.1) is 0 Å². The molecular weight excluding hydrogens is 999 g/mol. The maximum atomic E-state index is 2.52. The van der Waals surface area contributed by atoms with Crippen LogP contribution in [0.2, 0.25) is 0 Å². The molecule has 3 aliphatic rings. The van der Waals surface area contributed by atoms with Gasteiger partial charge in [-0.3, -0.25) is 0 Å². The third-order valence-electron chi connectivity index (χ3n) is 18.5. The number of rotatable bonds is 8. The lowest BCUT2D eigenvalue weighted by atomic mass is 9.67. The van der Waals surface area contributed by atoms with Gasteiger partial charge in [0.1, 0.15) is 0 Å². The van der Waals surface area contributed by atoms with Crippen molar-refractivity contribution in [2.75, 3.05) is 0 Å². The van der Waals surface area contributed by atoms with Gasteiger partial charge in [-0.15, -0.1) is 0 Å². The zero-order valence-corrected chi connectivity index (χ0v) is 45.5. The molecular formula is C82H53N. The normalized spacial score (nSPS) is 13.8. The Hall–Kier alpha value is -10.6. The summed E-state index contributed by atoms with van der Waals surface area (Å²) in [5, 5.41) is 2.46. The lowest BCUT2D eigenvalue weighted by Gasteiger charge is -2.34. The van der Waals surface area contributed by atoms with Crippen molar-refractivity contribution in [1.82, 2.24) is 4.57 Å². The molecule has 0 aliphatic heterocycles. The highest BCUT2D eigenvalue weighted by atomic mass is 15.0. The minimum atomic E-state index is -0.514. The van der Waals surface area contributed by atoms with Crippen molar-refractivity contribution in [3.63, 3.8) is 0 Å². The lowest BCUT2D eigenvalue weighted by Crippen LogP contribution is -2.28. The second kappa shape index (κ2) is 18.5. The number of hydrogen-bond donors (Lipinski definition) is 0. The standard InChI is InChI=1S/C82H53N/c1-4-21-55(22-5-1)56-41-39-54(40-42-56)49-72(60-44-46-68-67-32-13-18-37-76(67)82(77(68)51-60)74-35-16-11-29-64(74)65-30-12-17-36-75(65)82)59-24-20-23-57(50-59)58-43-47-71-70-33-14-19-38-79(70)83(80(71)52-58)63-45-48-69-66-31-10-15-34-73(66)81(78(69)53-63,61-25-6-2-7-26-61)62-27-8-3-9-28-62/h1-53H. The summed E-state index contributed by atoms with van der Waals surface area (Å²) in [6.45, 7) is 0. The molecule has 0 fully saturated rings. The van der Waals surface area contributed by atoms with Gasteiger partial charge in [0.15, 0.2) is 0 Å². The first-order chi connectivity index (χ1) is 41.2. The van der Waals surface area contributed by atoms with Crippen LogP contribution in [0.4, 0.5) is 0 Å². The fourth-order valence-corrected chi connectivity index (χ4v) is 15.0. The van der Waals surface area contributed by atoms with E-state index in [1.165, 1.54) is 122 Å². The molecule has 0 saturated carbocycles. The summed E-state index contributed by atoms with van der Waals surface area (Å²) in [4.78, 5) is 0. The lowest BCUT2D eigenvalue weighted by molar-refractivity contribution is 0.767. The number of aromatic nitrogens is 1. The largest absolute Gasteiger partial charge is 0.309 e. The van der Waals surface area contributed by atoms with E-state index < -0.39 is 10.8 Å². The highest BCUT2D eigenvalue weighted by Crippen LogP contribution is 2.63. The van der Waals surface area contributed by atoms with Gasteiger partial charge in [-0.1, -0.05) is 279 Å². The first-order valence-electron chi connectivity index (χ1n) is 29.0. The SMILES string of the molecule is C(=C(c1cccc(-c2ccc3c4ccccc4n(-c4ccc5c(c4)C(c4ccccc4)(c4ccccc4)c4ccccc4-5)c3c2)c1)c1ccc2c(c1)C1(c3ccccc3-c3ccccc31)c1ccccc1-2)c1ccc(-c2ccccc2)cc1.